The molecular weight excluding hydrogens is 270 g/mol. The number of sulfone groups is 1. The maximum Gasteiger partial charge on any atom is 0.323 e. The van der Waals surface area contributed by atoms with Gasteiger partial charge < -0.3 is 5.11 Å². The summed E-state index contributed by atoms with van der Waals surface area (Å²) < 4.78 is 21.8. The molecule has 106 valence electrons. The smallest absolute Gasteiger partial charge is 0.323 e. The van der Waals surface area contributed by atoms with Crippen LogP contribution in [0, 0.1) is 0 Å². The summed E-state index contributed by atoms with van der Waals surface area (Å²) in [5.41, 5.74) is 3.23. The van der Waals surface area contributed by atoms with Gasteiger partial charge in [-0.3, -0.25) is 9.63 Å². The van der Waals surface area contributed by atoms with Gasteiger partial charge >= 0.3 is 5.97 Å². The fraction of sp³-hybridized carbons (Fsp3) is 0.417. The van der Waals surface area contributed by atoms with Gasteiger partial charge in [-0.05, 0) is 5.56 Å². The van der Waals surface area contributed by atoms with E-state index >= 15 is 0 Å². The first-order valence-electron chi connectivity index (χ1n) is 5.70. The number of carbonyl (C=O) groups is 1. The number of hydroxylamine groups is 1. The summed E-state index contributed by atoms with van der Waals surface area (Å²) in [5.74, 6) is -1.21. The van der Waals surface area contributed by atoms with Crippen molar-refractivity contribution < 1.29 is 23.2 Å². The number of hydrogen-bond acceptors (Lipinski definition) is 5. The fourth-order valence-corrected chi connectivity index (χ4v) is 1.77. The molecule has 1 aromatic carbocycles. The maximum absolute atomic E-state index is 11.0. The fourth-order valence-electron chi connectivity index (χ4n) is 1.38. The van der Waals surface area contributed by atoms with Gasteiger partial charge in [-0.2, -0.15) is 5.48 Å². The Morgan fingerprint density at radius 3 is 2.53 bits per heavy atom. The Balaban J connectivity index is 2.44. The summed E-state index contributed by atoms with van der Waals surface area (Å²) in [4.78, 5) is 15.9. The predicted molar refractivity (Wildman–Crippen MR) is 70.4 cm³/mol. The van der Waals surface area contributed by atoms with E-state index in [4.69, 9.17) is 9.94 Å². The standard InChI is InChI=1S/C12H17NO5S/c1-19(16,17)8-7-18-13-11(12(14)15)9-10-5-3-2-4-6-10/h2-6,11,13H,7-9H2,1H3,(H,14,15)/t11-/m0/s1. The topological polar surface area (TPSA) is 92.7 Å². The largest absolute Gasteiger partial charge is 0.480 e. The van der Waals surface area contributed by atoms with Crippen molar-refractivity contribution in [3.05, 3.63) is 35.9 Å². The molecule has 0 saturated carbocycles. The Hall–Kier alpha value is -1.44. The molecule has 0 aliphatic carbocycles. The molecule has 0 radical (unpaired) electrons. The van der Waals surface area contributed by atoms with E-state index in [1.165, 1.54) is 0 Å². The molecule has 0 aliphatic heterocycles. The van der Waals surface area contributed by atoms with Crippen molar-refractivity contribution in [2.24, 2.45) is 0 Å². The molecule has 0 spiro atoms. The molecule has 0 aromatic heterocycles. The van der Waals surface area contributed by atoms with Gasteiger partial charge in [0, 0.05) is 12.7 Å². The summed E-state index contributed by atoms with van der Waals surface area (Å²) in [6.45, 7) is -0.0859. The molecule has 1 atom stereocenters. The molecule has 0 saturated heterocycles. The number of aliphatic carboxylic acids is 1. The number of hydrogen-bond donors (Lipinski definition) is 2. The number of nitrogens with one attached hydrogen (secondary N) is 1. The van der Waals surface area contributed by atoms with Crippen LogP contribution < -0.4 is 5.48 Å². The van der Waals surface area contributed by atoms with E-state index in [-0.39, 0.29) is 18.8 Å². The quantitative estimate of drug-likeness (QED) is 0.526. The van der Waals surface area contributed by atoms with Crippen molar-refractivity contribution >= 4 is 15.8 Å². The maximum atomic E-state index is 11.0. The van der Waals surface area contributed by atoms with Gasteiger partial charge in [0.25, 0.3) is 0 Å². The lowest BCUT2D eigenvalue weighted by Gasteiger charge is -2.14. The molecule has 7 heteroatoms. The molecule has 6 nitrogen and oxygen atoms in total. The van der Waals surface area contributed by atoms with Crippen molar-refractivity contribution in [3.63, 3.8) is 0 Å². The first kappa shape index (κ1) is 15.6. The third kappa shape index (κ3) is 6.90. The van der Waals surface area contributed by atoms with Crippen molar-refractivity contribution in [1.29, 1.82) is 0 Å². The molecule has 0 amide bonds. The van der Waals surface area contributed by atoms with Crippen LogP contribution in [0.15, 0.2) is 30.3 Å². The van der Waals surface area contributed by atoms with E-state index < -0.39 is 21.8 Å². The summed E-state index contributed by atoms with van der Waals surface area (Å²) in [5, 5.41) is 9.03. The molecule has 0 unspecified atom stereocenters. The minimum Gasteiger partial charge on any atom is -0.480 e. The van der Waals surface area contributed by atoms with E-state index in [1.807, 2.05) is 30.3 Å². The van der Waals surface area contributed by atoms with Gasteiger partial charge in [0.05, 0.1) is 12.4 Å². The Labute approximate surface area is 112 Å². The summed E-state index contributed by atoms with van der Waals surface area (Å²) >= 11 is 0. The third-order valence-electron chi connectivity index (χ3n) is 2.36. The zero-order valence-corrected chi connectivity index (χ0v) is 11.4. The van der Waals surface area contributed by atoms with Crippen molar-refractivity contribution in [1.82, 2.24) is 5.48 Å². The van der Waals surface area contributed by atoms with Crippen LogP contribution in [0.1, 0.15) is 5.56 Å². The zero-order valence-electron chi connectivity index (χ0n) is 10.6. The number of benzene rings is 1. The molecule has 1 rings (SSSR count). The average molecular weight is 287 g/mol. The Morgan fingerprint density at radius 1 is 1.37 bits per heavy atom. The van der Waals surface area contributed by atoms with E-state index in [0.29, 0.717) is 0 Å². The van der Waals surface area contributed by atoms with Gasteiger partial charge in [0.1, 0.15) is 15.9 Å². The number of rotatable bonds is 8. The first-order chi connectivity index (χ1) is 8.88. The zero-order chi connectivity index (χ0) is 14.3. The van der Waals surface area contributed by atoms with E-state index in [0.717, 1.165) is 11.8 Å². The molecule has 2 N–H and O–H groups in total. The molecule has 0 fully saturated rings. The molecule has 1 aromatic rings. The SMILES string of the molecule is CS(=O)(=O)CCON[C@@H](Cc1ccccc1)C(=O)O. The number of carboxylic acid groups (broad SMARTS) is 1. The number of carboxylic acids is 1. The third-order valence-corrected chi connectivity index (χ3v) is 3.27. The second-order valence-corrected chi connectivity index (χ2v) is 6.44. The van der Waals surface area contributed by atoms with E-state index in [9.17, 15) is 13.2 Å². The lowest BCUT2D eigenvalue weighted by molar-refractivity contribution is -0.143. The average Bonchev–Trinajstić information content (AvgIpc) is 2.33. The van der Waals surface area contributed by atoms with Gasteiger partial charge in [0.15, 0.2) is 0 Å². The molecule has 19 heavy (non-hydrogen) atoms. The highest BCUT2D eigenvalue weighted by Gasteiger charge is 2.18. The minimum atomic E-state index is -3.11. The van der Waals surface area contributed by atoms with Gasteiger partial charge in [-0.1, -0.05) is 30.3 Å². The monoisotopic (exact) mass is 287 g/mol. The summed E-state index contributed by atoms with van der Waals surface area (Å²) in [6.07, 6.45) is 1.35. The lowest BCUT2D eigenvalue weighted by atomic mass is 10.1. The summed E-state index contributed by atoms with van der Waals surface area (Å²) in [7, 11) is -3.11. The van der Waals surface area contributed by atoms with E-state index in [2.05, 4.69) is 5.48 Å². The van der Waals surface area contributed by atoms with Crippen molar-refractivity contribution in [2.45, 2.75) is 12.5 Å². The van der Waals surface area contributed by atoms with Crippen LogP contribution in [-0.2, 0) is 25.9 Å². The van der Waals surface area contributed by atoms with Crippen LogP contribution in [0.25, 0.3) is 0 Å². The molecule has 0 heterocycles. The Kier molecular flexibility index (Phi) is 5.94. The Bertz CT molecular complexity index is 500. The van der Waals surface area contributed by atoms with Crippen molar-refractivity contribution in [3.8, 4) is 0 Å². The second kappa shape index (κ2) is 7.22. The van der Waals surface area contributed by atoms with Gasteiger partial charge in [-0.25, -0.2) is 8.42 Å². The van der Waals surface area contributed by atoms with E-state index in [1.54, 1.807) is 0 Å². The highest BCUT2D eigenvalue weighted by Crippen LogP contribution is 2.03. The second-order valence-electron chi connectivity index (χ2n) is 4.18. The minimum absolute atomic E-state index is 0.0859. The summed E-state index contributed by atoms with van der Waals surface area (Å²) in [6, 6.07) is 8.19. The molecule has 0 aliphatic rings. The van der Waals surface area contributed by atoms with Crippen LogP contribution in [0.4, 0.5) is 0 Å². The van der Waals surface area contributed by atoms with Gasteiger partial charge in [-0.15, -0.1) is 0 Å². The van der Waals surface area contributed by atoms with Crippen LogP contribution in [-0.4, -0.2) is 44.2 Å². The van der Waals surface area contributed by atoms with Crippen molar-refractivity contribution in [2.75, 3.05) is 18.6 Å². The van der Waals surface area contributed by atoms with Crippen LogP contribution in [0.3, 0.4) is 0 Å². The predicted octanol–water partition coefficient (Wildman–Crippen LogP) is 0.248. The van der Waals surface area contributed by atoms with Crippen LogP contribution in [0.5, 0.6) is 0 Å². The Morgan fingerprint density at radius 2 is 2.00 bits per heavy atom. The van der Waals surface area contributed by atoms with Crippen LogP contribution in [0.2, 0.25) is 0 Å². The van der Waals surface area contributed by atoms with Gasteiger partial charge in [0.2, 0.25) is 0 Å². The highest BCUT2D eigenvalue weighted by molar-refractivity contribution is 7.90. The first-order valence-corrected chi connectivity index (χ1v) is 7.76. The molecule has 0 bridgehead atoms. The molecular formula is C12H17NO5S. The lowest BCUT2D eigenvalue weighted by Crippen LogP contribution is -2.39. The highest BCUT2D eigenvalue weighted by atomic mass is 32.2. The van der Waals surface area contributed by atoms with Crippen LogP contribution >= 0.6 is 0 Å². The normalized spacial score (nSPS) is 13.1.